The molecule has 1 aromatic carbocycles. The van der Waals surface area contributed by atoms with E-state index >= 15 is 0 Å². The first-order valence-electron chi connectivity index (χ1n) is 4.17. The summed E-state index contributed by atoms with van der Waals surface area (Å²) in [6, 6.07) is 3.12. The van der Waals surface area contributed by atoms with Crippen LogP contribution in [0.3, 0.4) is 0 Å². The number of carbonyl (C=O) groups is 2. The minimum atomic E-state index is -0.529. The zero-order chi connectivity index (χ0) is 12.3. The van der Waals surface area contributed by atoms with Crippen molar-refractivity contribution in [2.75, 3.05) is 14.2 Å². The Morgan fingerprint density at radius 3 is 1.69 bits per heavy atom. The predicted molar refractivity (Wildman–Crippen MR) is 64.5 cm³/mol. The summed E-state index contributed by atoms with van der Waals surface area (Å²) in [6.45, 7) is 0. The molecule has 1 aromatic rings. The first-order chi connectivity index (χ1) is 7.51. The van der Waals surface area contributed by atoms with Gasteiger partial charge in [-0.05, 0) is 28.1 Å². The Hall–Kier alpha value is -0.880. The largest absolute Gasteiger partial charge is 0.465 e. The average molecular weight is 352 g/mol. The van der Waals surface area contributed by atoms with E-state index in [9.17, 15) is 9.59 Å². The van der Waals surface area contributed by atoms with Crippen molar-refractivity contribution in [2.24, 2.45) is 0 Å². The number of methoxy groups -OCH3 is 2. The number of hydrogen-bond donors (Lipinski definition) is 0. The van der Waals surface area contributed by atoms with Crippen molar-refractivity contribution in [3.8, 4) is 0 Å². The molecule has 0 bridgehead atoms. The molecule has 86 valence electrons. The van der Waals surface area contributed by atoms with Gasteiger partial charge in [0.1, 0.15) is 0 Å². The van der Waals surface area contributed by atoms with E-state index in [1.54, 1.807) is 12.1 Å². The Morgan fingerprint density at radius 1 is 1.00 bits per heavy atom. The van der Waals surface area contributed by atoms with Crippen molar-refractivity contribution in [2.45, 2.75) is 0 Å². The molecule has 0 unspecified atom stereocenters. The van der Waals surface area contributed by atoms with E-state index in [4.69, 9.17) is 0 Å². The SMILES string of the molecule is COC(=O)c1cc(Br)cc(C(=O)OC)c1Br. The van der Waals surface area contributed by atoms with E-state index in [-0.39, 0.29) is 11.1 Å². The van der Waals surface area contributed by atoms with E-state index in [2.05, 4.69) is 41.3 Å². The molecule has 0 saturated carbocycles. The lowest BCUT2D eigenvalue weighted by molar-refractivity contribution is 0.0597. The van der Waals surface area contributed by atoms with Crippen LogP contribution in [0.2, 0.25) is 0 Å². The van der Waals surface area contributed by atoms with Crippen molar-refractivity contribution < 1.29 is 19.1 Å². The summed E-state index contributed by atoms with van der Waals surface area (Å²) < 4.78 is 10.1. The van der Waals surface area contributed by atoms with E-state index in [0.717, 1.165) is 0 Å². The molecule has 0 aliphatic carbocycles. The van der Waals surface area contributed by atoms with Gasteiger partial charge in [-0.1, -0.05) is 15.9 Å². The van der Waals surface area contributed by atoms with Crippen molar-refractivity contribution in [1.29, 1.82) is 0 Å². The maximum atomic E-state index is 11.4. The number of benzene rings is 1. The lowest BCUT2D eigenvalue weighted by Gasteiger charge is -2.08. The highest BCUT2D eigenvalue weighted by Crippen LogP contribution is 2.27. The molecule has 0 spiro atoms. The highest BCUT2D eigenvalue weighted by Gasteiger charge is 2.19. The number of hydrogen-bond acceptors (Lipinski definition) is 4. The van der Waals surface area contributed by atoms with Gasteiger partial charge in [0, 0.05) is 8.95 Å². The van der Waals surface area contributed by atoms with Crippen LogP contribution in [0.25, 0.3) is 0 Å². The van der Waals surface area contributed by atoms with Crippen LogP contribution in [-0.4, -0.2) is 26.2 Å². The molecule has 1 rings (SSSR count). The second-order valence-electron chi connectivity index (χ2n) is 2.80. The first kappa shape index (κ1) is 13.2. The van der Waals surface area contributed by atoms with Crippen LogP contribution < -0.4 is 0 Å². The summed E-state index contributed by atoms with van der Waals surface area (Å²) in [7, 11) is 2.54. The molecule has 0 N–H and O–H groups in total. The Balaban J connectivity index is 3.37. The molecular formula is C10H8Br2O4. The molecule has 0 heterocycles. The van der Waals surface area contributed by atoms with E-state index < -0.39 is 11.9 Å². The number of ether oxygens (including phenoxy) is 2. The third-order valence-corrected chi connectivity index (χ3v) is 3.16. The van der Waals surface area contributed by atoms with E-state index in [0.29, 0.717) is 8.95 Å². The van der Waals surface area contributed by atoms with Crippen molar-refractivity contribution in [3.05, 3.63) is 32.2 Å². The highest BCUT2D eigenvalue weighted by molar-refractivity contribution is 9.11. The zero-order valence-corrected chi connectivity index (χ0v) is 11.7. The van der Waals surface area contributed by atoms with Gasteiger partial charge in [0.15, 0.2) is 0 Å². The molecule has 4 nitrogen and oxygen atoms in total. The van der Waals surface area contributed by atoms with Crippen molar-refractivity contribution in [3.63, 3.8) is 0 Å². The topological polar surface area (TPSA) is 52.6 Å². The monoisotopic (exact) mass is 350 g/mol. The Kier molecular flexibility index (Phi) is 4.49. The van der Waals surface area contributed by atoms with Crippen LogP contribution in [0.5, 0.6) is 0 Å². The molecule has 0 atom stereocenters. The molecule has 0 aliphatic rings. The smallest absolute Gasteiger partial charge is 0.339 e. The summed E-state index contributed by atoms with van der Waals surface area (Å²) in [6.07, 6.45) is 0. The lowest BCUT2D eigenvalue weighted by atomic mass is 10.1. The predicted octanol–water partition coefficient (Wildman–Crippen LogP) is 2.78. The molecule has 16 heavy (non-hydrogen) atoms. The van der Waals surface area contributed by atoms with Crippen LogP contribution in [0.15, 0.2) is 21.1 Å². The Bertz CT molecular complexity index is 405. The minimum Gasteiger partial charge on any atom is -0.465 e. The molecule has 6 heteroatoms. The van der Waals surface area contributed by atoms with Crippen LogP contribution in [0.4, 0.5) is 0 Å². The molecule has 0 aliphatic heterocycles. The third kappa shape index (κ3) is 2.62. The number of rotatable bonds is 2. The molecular weight excluding hydrogens is 344 g/mol. The molecule has 0 aromatic heterocycles. The fourth-order valence-electron chi connectivity index (χ4n) is 1.11. The summed E-state index contributed by atoms with van der Waals surface area (Å²) in [5.74, 6) is -1.06. The van der Waals surface area contributed by atoms with Crippen molar-refractivity contribution in [1.82, 2.24) is 0 Å². The summed E-state index contributed by atoms with van der Waals surface area (Å²) in [5, 5.41) is 0. The molecule has 0 amide bonds. The van der Waals surface area contributed by atoms with Crippen LogP contribution in [0.1, 0.15) is 20.7 Å². The normalized spacial score (nSPS) is 9.75. The minimum absolute atomic E-state index is 0.261. The summed E-state index contributed by atoms with van der Waals surface area (Å²) in [4.78, 5) is 22.8. The molecule has 0 fully saturated rings. The first-order valence-corrected chi connectivity index (χ1v) is 5.75. The lowest BCUT2D eigenvalue weighted by Crippen LogP contribution is -2.08. The average Bonchev–Trinajstić information content (AvgIpc) is 2.29. The highest BCUT2D eigenvalue weighted by atomic mass is 79.9. The summed E-state index contributed by atoms with van der Waals surface area (Å²) in [5.41, 5.74) is 0.523. The van der Waals surface area contributed by atoms with Crippen molar-refractivity contribution >= 4 is 43.8 Å². The van der Waals surface area contributed by atoms with Gasteiger partial charge in [-0.15, -0.1) is 0 Å². The van der Waals surface area contributed by atoms with E-state index in [1.165, 1.54) is 14.2 Å². The van der Waals surface area contributed by atoms with Crippen LogP contribution in [-0.2, 0) is 9.47 Å². The van der Waals surface area contributed by atoms with Gasteiger partial charge in [0.2, 0.25) is 0 Å². The fraction of sp³-hybridized carbons (Fsp3) is 0.200. The van der Waals surface area contributed by atoms with Gasteiger partial charge < -0.3 is 9.47 Å². The maximum absolute atomic E-state index is 11.4. The Labute approximate surface area is 109 Å². The van der Waals surface area contributed by atoms with Gasteiger partial charge in [-0.25, -0.2) is 9.59 Å². The van der Waals surface area contributed by atoms with Gasteiger partial charge >= 0.3 is 11.9 Å². The second kappa shape index (κ2) is 5.45. The maximum Gasteiger partial charge on any atom is 0.339 e. The Morgan fingerprint density at radius 2 is 1.38 bits per heavy atom. The van der Waals surface area contributed by atoms with Gasteiger partial charge in [0.25, 0.3) is 0 Å². The third-order valence-electron chi connectivity index (χ3n) is 1.85. The van der Waals surface area contributed by atoms with Gasteiger partial charge in [-0.2, -0.15) is 0 Å². The van der Waals surface area contributed by atoms with E-state index in [1.807, 2.05) is 0 Å². The molecule has 0 saturated heterocycles. The fourth-order valence-corrected chi connectivity index (χ4v) is 2.12. The van der Waals surface area contributed by atoms with Crippen LogP contribution in [0, 0.1) is 0 Å². The molecule has 0 radical (unpaired) electrons. The van der Waals surface area contributed by atoms with Gasteiger partial charge in [-0.3, -0.25) is 0 Å². The zero-order valence-electron chi connectivity index (χ0n) is 8.54. The quantitative estimate of drug-likeness (QED) is 0.769. The van der Waals surface area contributed by atoms with Crippen LogP contribution >= 0.6 is 31.9 Å². The standard InChI is InChI=1S/C10H8Br2O4/c1-15-9(13)6-3-5(11)4-7(8(6)12)10(14)16-2/h3-4H,1-2H3. The number of carbonyl (C=O) groups excluding carboxylic acids is 2. The number of halogens is 2. The summed E-state index contributed by atoms with van der Waals surface area (Å²) >= 11 is 6.38. The second-order valence-corrected chi connectivity index (χ2v) is 4.51. The number of esters is 2. The van der Waals surface area contributed by atoms with Gasteiger partial charge in [0.05, 0.1) is 25.3 Å².